The summed E-state index contributed by atoms with van der Waals surface area (Å²) in [5, 5.41) is 12.0. The van der Waals surface area contributed by atoms with Gasteiger partial charge in [-0.3, -0.25) is 4.79 Å². The molecule has 0 saturated carbocycles. The van der Waals surface area contributed by atoms with Crippen LogP contribution in [0.15, 0.2) is 53.1 Å². The van der Waals surface area contributed by atoms with Gasteiger partial charge in [0.15, 0.2) is 0 Å². The molecule has 6 heteroatoms. The molecule has 0 saturated heterocycles. The van der Waals surface area contributed by atoms with Gasteiger partial charge >= 0.3 is 0 Å². The maximum absolute atomic E-state index is 12.6. The van der Waals surface area contributed by atoms with Gasteiger partial charge in [-0.2, -0.15) is 0 Å². The lowest BCUT2D eigenvalue weighted by Crippen LogP contribution is -2.18. The highest BCUT2D eigenvalue weighted by molar-refractivity contribution is 5.96. The zero-order valence-corrected chi connectivity index (χ0v) is 15.5. The van der Waals surface area contributed by atoms with Crippen LogP contribution in [0.1, 0.15) is 17.0 Å². The number of hydrogen-bond donors (Lipinski definition) is 1. The molecule has 0 bridgehead atoms. The lowest BCUT2D eigenvalue weighted by Gasteiger charge is -2.10. The Morgan fingerprint density at radius 1 is 1.11 bits per heavy atom. The molecule has 0 aliphatic rings. The summed E-state index contributed by atoms with van der Waals surface area (Å²) in [6, 6.07) is 13.8. The van der Waals surface area contributed by atoms with Gasteiger partial charge in [0.05, 0.1) is 5.56 Å². The average molecular weight is 360 g/mol. The molecular formula is C21H20N4O2. The molecule has 0 radical (unpaired) electrons. The van der Waals surface area contributed by atoms with E-state index >= 15 is 0 Å². The molecule has 27 heavy (non-hydrogen) atoms. The quantitative estimate of drug-likeness (QED) is 0.590. The van der Waals surface area contributed by atoms with Crippen molar-refractivity contribution in [2.24, 2.45) is 0 Å². The zero-order valence-electron chi connectivity index (χ0n) is 15.5. The highest BCUT2D eigenvalue weighted by atomic mass is 16.4. The van der Waals surface area contributed by atoms with Crippen LogP contribution in [0, 0.1) is 20.8 Å². The van der Waals surface area contributed by atoms with Crippen LogP contribution in [0.2, 0.25) is 0 Å². The normalized spacial score (nSPS) is 11.1. The van der Waals surface area contributed by atoms with Gasteiger partial charge in [0.1, 0.15) is 6.54 Å². The van der Waals surface area contributed by atoms with Crippen molar-refractivity contribution in [2.75, 3.05) is 5.32 Å². The Bertz CT molecular complexity index is 1140. The lowest BCUT2D eigenvalue weighted by atomic mass is 10.1. The van der Waals surface area contributed by atoms with E-state index in [1.807, 2.05) is 61.0 Å². The van der Waals surface area contributed by atoms with Crippen molar-refractivity contribution >= 4 is 22.5 Å². The van der Waals surface area contributed by atoms with Crippen LogP contribution >= 0.6 is 0 Å². The Morgan fingerprint density at radius 2 is 1.93 bits per heavy atom. The Kier molecular flexibility index (Phi) is 4.24. The highest BCUT2D eigenvalue weighted by Crippen LogP contribution is 2.29. The van der Waals surface area contributed by atoms with E-state index in [4.69, 9.17) is 4.42 Å². The summed E-state index contributed by atoms with van der Waals surface area (Å²) >= 11 is 0. The molecule has 0 fully saturated rings. The van der Waals surface area contributed by atoms with E-state index in [1.165, 1.54) is 5.56 Å². The van der Waals surface area contributed by atoms with Gasteiger partial charge in [0.25, 0.3) is 0 Å². The van der Waals surface area contributed by atoms with Gasteiger partial charge in [-0.05, 0) is 31.5 Å². The first-order valence-corrected chi connectivity index (χ1v) is 8.77. The summed E-state index contributed by atoms with van der Waals surface area (Å²) in [4.78, 5) is 12.6. The number of nitrogens with zero attached hydrogens (tertiary/aromatic N) is 3. The Labute approximate surface area is 156 Å². The summed E-state index contributed by atoms with van der Waals surface area (Å²) < 4.78 is 7.49. The number of anilines is 1. The molecule has 0 unspecified atom stereocenters. The predicted molar refractivity (Wildman–Crippen MR) is 105 cm³/mol. The van der Waals surface area contributed by atoms with E-state index in [9.17, 15) is 4.79 Å². The number of carbonyl (C=O) groups excluding carboxylic acids is 1. The second-order valence-electron chi connectivity index (χ2n) is 6.68. The summed E-state index contributed by atoms with van der Waals surface area (Å²) in [7, 11) is 0. The third-order valence-electron chi connectivity index (χ3n) is 4.51. The molecule has 1 amide bonds. The summed E-state index contributed by atoms with van der Waals surface area (Å²) in [5.41, 5.74) is 4.81. The van der Waals surface area contributed by atoms with Crippen LogP contribution in [0.3, 0.4) is 0 Å². The third kappa shape index (κ3) is 3.33. The number of hydrogen-bond acceptors (Lipinski definition) is 4. The van der Waals surface area contributed by atoms with E-state index < -0.39 is 0 Å². The van der Waals surface area contributed by atoms with Crippen molar-refractivity contribution in [1.29, 1.82) is 0 Å². The molecule has 2 heterocycles. The van der Waals surface area contributed by atoms with Crippen LogP contribution in [0.5, 0.6) is 0 Å². The monoisotopic (exact) mass is 360 g/mol. The molecule has 136 valence electrons. The van der Waals surface area contributed by atoms with Gasteiger partial charge in [-0.1, -0.05) is 35.9 Å². The number of aromatic nitrogens is 3. The van der Waals surface area contributed by atoms with Gasteiger partial charge in [-0.15, -0.1) is 10.2 Å². The van der Waals surface area contributed by atoms with Crippen LogP contribution in [0.25, 0.3) is 22.4 Å². The van der Waals surface area contributed by atoms with Crippen molar-refractivity contribution in [2.45, 2.75) is 27.3 Å². The molecule has 6 nitrogen and oxygen atoms in total. The minimum Gasteiger partial charge on any atom is -0.421 e. The number of benzene rings is 2. The van der Waals surface area contributed by atoms with E-state index in [1.54, 1.807) is 6.92 Å². The van der Waals surface area contributed by atoms with Crippen LogP contribution < -0.4 is 5.32 Å². The second-order valence-corrected chi connectivity index (χ2v) is 6.68. The Hall–Kier alpha value is -3.41. The fourth-order valence-corrected chi connectivity index (χ4v) is 3.25. The predicted octanol–water partition coefficient (Wildman–Crippen LogP) is 4.26. The van der Waals surface area contributed by atoms with Crippen molar-refractivity contribution in [3.63, 3.8) is 0 Å². The van der Waals surface area contributed by atoms with Gasteiger partial charge in [0.2, 0.25) is 17.7 Å². The summed E-state index contributed by atoms with van der Waals surface area (Å²) in [6.45, 7) is 5.98. The number of rotatable bonds is 4. The van der Waals surface area contributed by atoms with Crippen molar-refractivity contribution < 1.29 is 9.21 Å². The van der Waals surface area contributed by atoms with Gasteiger partial charge in [-0.25, -0.2) is 0 Å². The van der Waals surface area contributed by atoms with Crippen LogP contribution in [-0.2, 0) is 11.3 Å². The lowest BCUT2D eigenvalue weighted by molar-refractivity contribution is -0.116. The molecular weight excluding hydrogens is 340 g/mol. The third-order valence-corrected chi connectivity index (χ3v) is 4.51. The molecule has 4 aromatic rings. The van der Waals surface area contributed by atoms with Crippen LogP contribution in [-0.4, -0.2) is 20.7 Å². The number of aryl methyl sites for hydroxylation is 3. The van der Waals surface area contributed by atoms with Gasteiger partial charge < -0.3 is 14.3 Å². The maximum Gasteiger partial charge on any atom is 0.249 e. The molecule has 2 aromatic carbocycles. The van der Waals surface area contributed by atoms with E-state index in [-0.39, 0.29) is 12.5 Å². The topological polar surface area (TPSA) is 73.0 Å². The molecule has 2 aromatic heterocycles. The fourth-order valence-electron chi connectivity index (χ4n) is 3.25. The molecule has 0 aliphatic heterocycles. The highest BCUT2D eigenvalue weighted by Gasteiger charge is 2.16. The number of para-hydroxylation sites is 1. The minimum absolute atomic E-state index is 0.0871. The first-order chi connectivity index (χ1) is 13.0. The van der Waals surface area contributed by atoms with Crippen molar-refractivity contribution in [1.82, 2.24) is 14.8 Å². The van der Waals surface area contributed by atoms with E-state index in [2.05, 4.69) is 21.6 Å². The second kappa shape index (κ2) is 6.72. The van der Waals surface area contributed by atoms with Gasteiger partial charge in [0, 0.05) is 29.7 Å². The van der Waals surface area contributed by atoms with Crippen molar-refractivity contribution in [3.8, 4) is 11.5 Å². The van der Waals surface area contributed by atoms with E-state index in [0.717, 1.165) is 27.7 Å². The summed E-state index contributed by atoms with van der Waals surface area (Å²) in [5.74, 6) is 0.877. The first kappa shape index (κ1) is 17.0. The fraction of sp³-hybridized carbons (Fsp3) is 0.190. The molecule has 0 spiro atoms. The minimum atomic E-state index is -0.0871. The number of nitrogens with one attached hydrogen (secondary N) is 1. The molecule has 4 rings (SSSR count). The smallest absolute Gasteiger partial charge is 0.249 e. The Morgan fingerprint density at radius 3 is 2.67 bits per heavy atom. The first-order valence-electron chi connectivity index (χ1n) is 8.77. The van der Waals surface area contributed by atoms with Crippen molar-refractivity contribution in [3.05, 3.63) is 65.7 Å². The SMILES string of the molecule is Cc1ccc(NC(=O)Cn2cc(-c3nnc(C)o3)c3ccccc32)c(C)c1. The number of carbonyl (C=O) groups is 1. The largest absolute Gasteiger partial charge is 0.421 e. The Balaban J connectivity index is 1.65. The molecule has 0 aliphatic carbocycles. The number of amides is 1. The molecule has 0 atom stereocenters. The van der Waals surface area contributed by atoms with Crippen LogP contribution in [0.4, 0.5) is 5.69 Å². The molecule has 1 N–H and O–H groups in total. The maximum atomic E-state index is 12.6. The zero-order chi connectivity index (χ0) is 19.0. The number of fused-ring (bicyclic) bond motifs is 1. The average Bonchev–Trinajstić information content (AvgIpc) is 3.22. The van der Waals surface area contributed by atoms with E-state index in [0.29, 0.717) is 11.8 Å². The standard InChI is InChI=1S/C21H20N4O2/c1-13-8-9-18(14(2)10-13)22-20(26)12-25-11-17(21-24-23-15(3)27-21)16-6-4-5-7-19(16)25/h4-11H,12H2,1-3H3,(H,22,26). The summed E-state index contributed by atoms with van der Waals surface area (Å²) in [6.07, 6.45) is 1.89.